The van der Waals surface area contributed by atoms with Crippen LogP contribution in [0.5, 0.6) is 0 Å². The number of allylic oxidation sites excluding steroid dienone is 1. The van der Waals surface area contributed by atoms with E-state index >= 15 is 0 Å². The van der Waals surface area contributed by atoms with Crippen LogP contribution in [0.25, 0.3) is 0 Å². The first-order chi connectivity index (χ1) is 4.43. The molecular weight excluding hydrogens is 151 g/mol. The van der Waals surface area contributed by atoms with E-state index in [4.69, 9.17) is 0 Å². The molecule has 0 unspecified atom stereocenters. The van der Waals surface area contributed by atoms with Gasteiger partial charge in [0.2, 0.25) is 0 Å². The van der Waals surface area contributed by atoms with Crippen LogP contribution in [0.3, 0.4) is 0 Å². The zero-order valence-electron chi connectivity index (χ0n) is 5.37. The van der Waals surface area contributed by atoms with Gasteiger partial charge in [-0.05, 0) is 6.08 Å². The molecule has 0 saturated carbocycles. The molecule has 0 fully saturated rings. The summed E-state index contributed by atoms with van der Waals surface area (Å²) in [7, 11) is 0. The van der Waals surface area contributed by atoms with E-state index in [2.05, 4.69) is 4.98 Å². The second-order valence-electron chi connectivity index (χ2n) is 1.62. The maximum Gasteiger partial charge on any atom is 0.0948 e. The molecular formula is C6H9FN2S. The van der Waals surface area contributed by atoms with Gasteiger partial charge in [-0.25, -0.2) is 9.37 Å². The molecule has 0 amide bonds. The third-order valence-electron chi connectivity index (χ3n) is 0.965. The lowest BCUT2D eigenvalue weighted by Crippen LogP contribution is -1.88. The van der Waals surface area contributed by atoms with Gasteiger partial charge < -0.3 is 4.57 Å². The molecule has 0 saturated heterocycles. The van der Waals surface area contributed by atoms with Gasteiger partial charge in [0.25, 0.3) is 0 Å². The molecule has 0 bridgehead atoms. The summed E-state index contributed by atoms with van der Waals surface area (Å²) in [5.41, 5.74) is 0. The van der Waals surface area contributed by atoms with Crippen molar-refractivity contribution >= 4 is 13.5 Å². The monoisotopic (exact) mass is 160 g/mol. The zero-order chi connectivity index (χ0) is 6.53. The average Bonchev–Trinajstić information content (AvgIpc) is 2.34. The Morgan fingerprint density at radius 3 is 2.90 bits per heavy atom. The zero-order valence-corrected chi connectivity index (χ0v) is 6.37. The fourth-order valence-electron chi connectivity index (χ4n) is 0.556. The van der Waals surface area contributed by atoms with Gasteiger partial charge in [0, 0.05) is 18.9 Å². The number of imidazole rings is 1. The van der Waals surface area contributed by atoms with Gasteiger partial charge in [-0.2, -0.15) is 13.5 Å². The van der Waals surface area contributed by atoms with Gasteiger partial charge in [-0.3, -0.25) is 0 Å². The van der Waals surface area contributed by atoms with Crippen LogP contribution in [0, 0.1) is 0 Å². The summed E-state index contributed by atoms with van der Waals surface area (Å²) in [5, 5.41) is 0. The molecule has 0 aromatic carbocycles. The molecule has 4 heteroatoms. The molecule has 0 spiro atoms. The molecule has 0 aliphatic heterocycles. The van der Waals surface area contributed by atoms with E-state index in [9.17, 15) is 4.39 Å². The quantitative estimate of drug-likeness (QED) is 0.640. The normalized spacial score (nSPS) is 9.70. The fourth-order valence-corrected chi connectivity index (χ4v) is 0.556. The Kier molecular flexibility index (Phi) is 4.66. The van der Waals surface area contributed by atoms with Crippen LogP contribution in [0.2, 0.25) is 0 Å². The van der Waals surface area contributed by atoms with Crippen LogP contribution in [-0.2, 0) is 6.54 Å². The highest BCUT2D eigenvalue weighted by Crippen LogP contribution is 1.86. The first-order valence-electron chi connectivity index (χ1n) is 2.64. The molecule has 10 heavy (non-hydrogen) atoms. The van der Waals surface area contributed by atoms with E-state index in [-0.39, 0.29) is 13.5 Å². The topological polar surface area (TPSA) is 17.8 Å². The molecule has 0 N–H and O–H groups in total. The molecule has 0 aliphatic rings. The van der Waals surface area contributed by atoms with Crippen molar-refractivity contribution in [2.24, 2.45) is 0 Å². The summed E-state index contributed by atoms with van der Waals surface area (Å²) >= 11 is 0. The molecule has 1 heterocycles. The first-order valence-corrected chi connectivity index (χ1v) is 2.64. The van der Waals surface area contributed by atoms with Crippen molar-refractivity contribution in [3.05, 3.63) is 31.1 Å². The van der Waals surface area contributed by atoms with E-state index in [0.717, 1.165) is 0 Å². The highest BCUT2D eigenvalue weighted by atomic mass is 32.1. The largest absolute Gasteiger partial charge is 0.334 e. The molecule has 1 aromatic heterocycles. The van der Waals surface area contributed by atoms with E-state index in [0.29, 0.717) is 12.9 Å². The van der Waals surface area contributed by atoms with Crippen LogP contribution in [-0.4, -0.2) is 9.55 Å². The molecule has 56 valence electrons. The predicted octanol–water partition coefficient (Wildman–Crippen LogP) is 1.48. The van der Waals surface area contributed by atoms with Crippen molar-refractivity contribution in [3.8, 4) is 0 Å². The number of hydrogen-bond acceptors (Lipinski definition) is 1. The standard InChI is InChI=1S/C6H7FN2.H2S/c7-2-1-4-9-5-3-8-6-9;/h1-3,5-6H,4H2;1H2. The smallest absolute Gasteiger partial charge is 0.0948 e. The third-order valence-corrected chi connectivity index (χ3v) is 0.965. The third kappa shape index (κ3) is 2.68. The van der Waals surface area contributed by atoms with Crippen LogP contribution >= 0.6 is 13.5 Å². The molecule has 1 rings (SSSR count). The van der Waals surface area contributed by atoms with Crippen LogP contribution in [0.15, 0.2) is 31.1 Å². The van der Waals surface area contributed by atoms with Crippen LogP contribution in [0.1, 0.15) is 0 Å². The van der Waals surface area contributed by atoms with Crippen molar-refractivity contribution in [1.82, 2.24) is 9.55 Å². The predicted molar refractivity (Wildman–Crippen MR) is 42.9 cm³/mol. The van der Waals surface area contributed by atoms with Gasteiger partial charge in [-0.1, -0.05) is 0 Å². The van der Waals surface area contributed by atoms with Gasteiger partial charge in [0.15, 0.2) is 0 Å². The Balaban J connectivity index is 0.000000810. The minimum Gasteiger partial charge on any atom is -0.334 e. The lowest BCUT2D eigenvalue weighted by molar-refractivity contribution is 0.702. The maximum atomic E-state index is 11.4. The van der Waals surface area contributed by atoms with Gasteiger partial charge in [0.1, 0.15) is 0 Å². The molecule has 2 nitrogen and oxygen atoms in total. The second-order valence-corrected chi connectivity index (χ2v) is 1.62. The first kappa shape index (κ1) is 9.23. The number of halogens is 1. The van der Waals surface area contributed by atoms with Crippen LogP contribution < -0.4 is 0 Å². The molecule has 0 atom stereocenters. The summed E-state index contributed by atoms with van der Waals surface area (Å²) < 4.78 is 13.1. The van der Waals surface area contributed by atoms with E-state index in [1.165, 1.54) is 6.08 Å². The van der Waals surface area contributed by atoms with Crippen LogP contribution in [0.4, 0.5) is 4.39 Å². The lowest BCUT2D eigenvalue weighted by atomic mass is 10.6. The lowest BCUT2D eigenvalue weighted by Gasteiger charge is -1.90. The van der Waals surface area contributed by atoms with Crippen molar-refractivity contribution in [3.63, 3.8) is 0 Å². The van der Waals surface area contributed by atoms with Gasteiger partial charge in [-0.15, -0.1) is 0 Å². The minimum atomic E-state index is 0. The Bertz CT molecular complexity index is 184. The summed E-state index contributed by atoms with van der Waals surface area (Å²) in [4.78, 5) is 3.78. The van der Waals surface area contributed by atoms with Crippen molar-refractivity contribution in [2.75, 3.05) is 0 Å². The Morgan fingerprint density at radius 1 is 1.60 bits per heavy atom. The van der Waals surface area contributed by atoms with Crippen molar-refractivity contribution in [1.29, 1.82) is 0 Å². The van der Waals surface area contributed by atoms with Crippen molar-refractivity contribution in [2.45, 2.75) is 6.54 Å². The summed E-state index contributed by atoms with van der Waals surface area (Å²) in [5.74, 6) is 0. The number of nitrogens with zero attached hydrogens (tertiary/aromatic N) is 2. The Morgan fingerprint density at radius 2 is 2.40 bits per heavy atom. The second kappa shape index (κ2) is 5.05. The van der Waals surface area contributed by atoms with E-state index < -0.39 is 0 Å². The SMILES string of the molecule is FC=CCn1ccnc1.S. The summed E-state index contributed by atoms with van der Waals surface area (Å²) in [6, 6.07) is 0. The number of hydrogen-bond donors (Lipinski definition) is 0. The average molecular weight is 160 g/mol. The number of aromatic nitrogens is 2. The molecule has 0 radical (unpaired) electrons. The molecule has 0 aliphatic carbocycles. The van der Waals surface area contributed by atoms with Gasteiger partial charge in [0.05, 0.1) is 12.7 Å². The van der Waals surface area contributed by atoms with E-state index in [1.807, 2.05) is 0 Å². The summed E-state index contributed by atoms with van der Waals surface area (Å²) in [6.07, 6.45) is 7.02. The number of rotatable bonds is 2. The molecule has 1 aromatic rings. The highest BCUT2D eigenvalue weighted by Gasteiger charge is 1.81. The summed E-state index contributed by atoms with van der Waals surface area (Å²) in [6.45, 7) is 0.552. The minimum absolute atomic E-state index is 0. The maximum absolute atomic E-state index is 11.4. The van der Waals surface area contributed by atoms with Crippen molar-refractivity contribution < 1.29 is 4.39 Å². The van der Waals surface area contributed by atoms with Gasteiger partial charge >= 0.3 is 0 Å². The highest BCUT2D eigenvalue weighted by molar-refractivity contribution is 7.59. The fraction of sp³-hybridized carbons (Fsp3) is 0.167. The Hall–Kier alpha value is -0.770. The Labute approximate surface area is 65.8 Å². The van der Waals surface area contributed by atoms with E-state index in [1.54, 1.807) is 23.3 Å².